The quantitative estimate of drug-likeness (QED) is 0.686. The molecule has 0 saturated carbocycles. The van der Waals surface area contributed by atoms with Gasteiger partial charge in [0.1, 0.15) is 11.9 Å². The van der Waals surface area contributed by atoms with Crippen molar-refractivity contribution in [3.8, 4) is 5.75 Å². The predicted molar refractivity (Wildman–Crippen MR) is 77.9 cm³/mol. The van der Waals surface area contributed by atoms with Crippen LogP contribution in [0.1, 0.15) is 19.3 Å². The van der Waals surface area contributed by atoms with Crippen LogP contribution in [0.4, 0.5) is 5.69 Å². The Kier molecular flexibility index (Phi) is 4.01. The summed E-state index contributed by atoms with van der Waals surface area (Å²) in [5.74, 6) is 0.474. The highest BCUT2D eigenvalue weighted by Gasteiger charge is 2.42. The van der Waals surface area contributed by atoms with Gasteiger partial charge in [0.25, 0.3) is 5.69 Å². The van der Waals surface area contributed by atoms with Gasteiger partial charge in [-0.2, -0.15) is 0 Å². The Morgan fingerprint density at radius 3 is 2.86 bits per heavy atom. The summed E-state index contributed by atoms with van der Waals surface area (Å²) in [5, 5.41) is 14.3. The molecule has 0 aromatic heterocycles. The molecule has 21 heavy (non-hydrogen) atoms. The third-order valence-corrected chi connectivity index (χ3v) is 4.41. The van der Waals surface area contributed by atoms with E-state index in [1.54, 1.807) is 6.07 Å². The Morgan fingerprint density at radius 1 is 1.43 bits per heavy atom. The molecular weight excluding hydrogens is 296 g/mol. The van der Waals surface area contributed by atoms with E-state index in [1.165, 1.54) is 12.1 Å². The Hall–Kier alpha value is -1.37. The zero-order valence-corrected chi connectivity index (χ0v) is 12.3. The second kappa shape index (κ2) is 5.79. The smallest absolute Gasteiger partial charge is 0.271 e. The molecule has 2 aliphatic rings. The van der Waals surface area contributed by atoms with Crippen LogP contribution >= 0.6 is 11.6 Å². The van der Waals surface area contributed by atoms with E-state index in [0.717, 1.165) is 32.4 Å². The molecular formula is C14H17ClN2O4. The van der Waals surface area contributed by atoms with E-state index in [4.69, 9.17) is 21.1 Å². The zero-order chi connectivity index (χ0) is 14.9. The maximum atomic E-state index is 10.7. The third kappa shape index (κ3) is 3.12. The van der Waals surface area contributed by atoms with Gasteiger partial charge in [-0.1, -0.05) is 11.6 Å². The van der Waals surface area contributed by atoms with Crippen LogP contribution in [0, 0.1) is 10.1 Å². The summed E-state index contributed by atoms with van der Waals surface area (Å²) in [7, 11) is 0. The topological polar surface area (TPSA) is 73.6 Å². The van der Waals surface area contributed by atoms with Gasteiger partial charge < -0.3 is 14.8 Å². The highest BCUT2D eigenvalue weighted by Crippen LogP contribution is 2.37. The Labute approximate surface area is 127 Å². The molecule has 1 unspecified atom stereocenters. The van der Waals surface area contributed by atoms with Crippen molar-refractivity contribution in [1.29, 1.82) is 0 Å². The van der Waals surface area contributed by atoms with Crippen LogP contribution in [0.15, 0.2) is 18.2 Å². The van der Waals surface area contributed by atoms with E-state index in [9.17, 15) is 10.1 Å². The van der Waals surface area contributed by atoms with Crippen LogP contribution in [0.3, 0.4) is 0 Å². The number of hydrogen-bond acceptors (Lipinski definition) is 5. The third-order valence-electron chi connectivity index (χ3n) is 4.11. The summed E-state index contributed by atoms with van der Waals surface area (Å²) < 4.78 is 11.8. The molecule has 0 radical (unpaired) electrons. The first-order chi connectivity index (χ1) is 10.1. The van der Waals surface area contributed by atoms with Crippen molar-refractivity contribution in [2.45, 2.75) is 31.0 Å². The molecule has 0 amide bonds. The maximum Gasteiger partial charge on any atom is 0.271 e. The number of nitro benzene ring substituents is 1. The Bertz CT molecular complexity index is 546. The molecule has 2 fully saturated rings. The molecule has 3 rings (SSSR count). The van der Waals surface area contributed by atoms with Crippen molar-refractivity contribution >= 4 is 17.3 Å². The minimum absolute atomic E-state index is 0.0372. The zero-order valence-electron chi connectivity index (χ0n) is 11.5. The number of nitrogens with one attached hydrogen (secondary N) is 1. The fourth-order valence-corrected chi connectivity index (χ4v) is 3.21. The fraction of sp³-hybridized carbons (Fsp3) is 0.571. The Balaban J connectivity index is 1.66. The van der Waals surface area contributed by atoms with Crippen LogP contribution in [-0.4, -0.2) is 36.3 Å². The molecule has 6 nitrogen and oxygen atoms in total. The second-order valence-corrected chi connectivity index (χ2v) is 5.97. The van der Waals surface area contributed by atoms with Crippen LogP contribution < -0.4 is 10.1 Å². The van der Waals surface area contributed by atoms with Crippen molar-refractivity contribution in [3.63, 3.8) is 0 Å². The lowest BCUT2D eigenvalue weighted by Gasteiger charge is -2.32. The van der Waals surface area contributed by atoms with Gasteiger partial charge in [-0.15, -0.1) is 0 Å². The minimum Gasteiger partial charge on any atom is -0.486 e. The number of hydrogen-bond donors (Lipinski definition) is 1. The summed E-state index contributed by atoms with van der Waals surface area (Å²) in [6, 6.07) is 4.26. The number of benzene rings is 1. The van der Waals surface area contributed by atoms with E-state index in [-0.39, 0.29) is 22.4 Å². The number of halogens is 1. The van der Waals surface area contributed by atoms with E-state index >= 15 is 0 Å². The lowest BCUT2D eigenvalue weighted by molar-refractivity contribution is -0.384. The molecule has 2 heterocycles. The normalized spacial score (nSPS) is 24.1. The summed E-state index contributed by atoms with van der Waals surface area (Å²) in [6.07, 6.45) is 2.76. The molecule has 2 saturated heterocycles. The molecule has 0 bridgehead atoms. The van der Waals surface area contributed by atoms with Crippen molar-refractivity contribution in [2.24, 2.45) is 0 Å². The number of non-ortho nitro benzene ring substituents is 1. The van der Waals surface area contributed by atoms with Gasteiger partial charge in [0.2, 0.25) is 0 Å². The molecule has 2 aliphatic heterocycles. The van der Waals surface area contributed by atoms with E-state index in [1.807, 2.05) is 0 Å². The lowest BCUT2D eigenvalue weighted by atomic mass is 9.89. The molecule has 114 valence electrons. The number of ether oxygens (including phenoxy) is 2. The monoisotopic (exact) mass is 312 g/mol. The van der Waals surface area contributed by atoms with Crippen molar-refractivity contribution in [1.82, 2.24) is 5.32 Å². The van der Waals surface area contributed by atoms with E-state index in [0.29, 0.717) is 12.4 Å². The number of nitro groups is 1. The lowest BCUT2D eigenvalue weighted by Crippen LogP contribution is -2.41. The summed E-state index contributed by atoms with van der Waals surface area (Å²) in [5.41, 5.74) is -0.117. The van der Waals surface area contributed by atoms with Gasteiger partial charge in [0.15, 0.2) is 0 Å². The minimum atomic E-state index is -0.474. The number of nitrogens with zero attached hydrogens (tertiary/aromatic N) is 1. The van der Waals surface area contributed by atoms with Crippen LogP contribution in [0.5, 0.6) is 5.75 Å². The largest absolute Gasteiger partial charge is 0.486 e. The van der Waals surface area contributed by atoms with E-state index in [2.05, 4.69) is 5.32 Å². The highest BCUT2D eigenvalue weighted by atomic mass is 35.5. The fourth-order valence-electron chi connectivity index (χ4n) is 2.99. The summed E-state index contributed by atoms with van der Waals surface area (Å²) >= 11 is 6.05. The number of rotatable bonds is 3. The van der Waals surface area contributed by atoms with Gasteiger partial charge in [-0.3, -0.25) is 10.1 Å². The molecule has 1 N–H and O–H groups in total. The molecule has 1 atom stereocenters. The number of piperidine rings is 1. The predicted octanol–water partition coefficient (Wildman–Crippen LogP) is 2.54. The average molecular weight is 313 g/mol. The average Bonchev–Trinajstić information content (AvgIpc) is 2.84. The Morgan fingerprint density at radius 2 is 2.19 bits per heavy atom. The summed E-state index contributed by atoms with van der Waals surface area (Å²) in [4.78, 5) is 10.2. The van der Waals surface area contributed by atoms with Crippen LogP contribution in [-0.2, 0) is 4.74 Å². The van der Waals surface area contributed by atoms with Gasteiger partial charge in [-0.25, -0.2) is 0 Å². The van der Waals surface area contributed by atoms with Gasteiger partial charge >= 0.3 is 0 Å². The molecule has 1 spiro atoms. The van der Waals surface area contributed by atoms with Crippen molar-refractivity contribution in [2.75, 3.05) is 19.7 Å². The van der Waals surface area contributed by atoms with Crippen LogP contribution in [0.2, 0.25) is 5.02 Å². The first-order valence-electron chi connectivity index (χ1n) is 7.03. The first-order valence-corrected chi connectivity index (χ1v) is 7.41. The highest BCUT2D eigenvalue weighted by molar-refractivity contribution is 6.32. The van der Waals surface area contributed by atoms with E-state index < -0.39 is 4.92 Å². The van der Waals surface area contributed by atoms with Crippen molar-refractivity contribution in [3.05, 3.63) is 33.3 Å². The van der Waals surface area contributed by atoms with Crippen LogP contribution in [0.25, 0.3) is 0 Å². The SMILES string of the molecule is O=[N+]([O-])c1ccc(OC2COC3(CCNCC3)C2)c(Cl)c1. The molecule has 7 heteroatoms. The second-order valence-electron chi connectivity index (χ2n) is 5.56. The van der Waals surface area contributed by atoms with Gasteiger partial charge in [0, 0.05) is 18.6 Å². The standard InChI is InChI=1S/C14H17ClN2O4/c15-12-7-10(17(18)19)1-2-13(12)21-11-8-14(20-9-11)3-5-16-6-4-14/h1-2,7,11,16H,3-6,8-9H2. The molecule has 1 aromatic carbocycles. The summed E-state index contributed by atoms with van der Waals surface area (Å²) in [6.45, 7) is 2.46. The van der Waals surface area contributed by atoms with Gasteiger partial charge in [0.05, 0.1) is 22.2 Å². The van der Waals surface area contributed by atoms with Crippen molar-refractivity contribution < 1.29 is 14.4 Å². The molecule has 1 aromatic rings. The molecule has 0 aliphatic carbocycles. The first kappa shape index (κ1) is 14.6. The van der Waals surface area contributed by atoms with Gasteiger partial charge in [-0.05, 0) is 32.0 Å². The maximum absolute atomic E-state index is 10.7.